The highest BCUT2D eigenvalue weighted by Crippen LogP contribution is 2.40. The summed E-state index contributed by atoms with van der Waals surface area (Å²) in [6.07, 6.45) is 4.44. The molecule has 2 N–H and O–H groups in total. The minimum absolute atomic E-state index is 0.192. The highest BCUT2D eigenvalue weighted by atomic mass is 15.0. The number of nitrogens with zero attached hydrogens (tertiary/aromatic N) is 1. The van der Waals surface area contributed by atoms with Gasteiger partial charge < -0.3 is 10.3 Å². The molecule has 0 radical (unpaired) electrons. The van der Waals surface area contributed by atoms with Crippen molar-refractivity contribution in [1.29, 1.82) is 0 Å². The summed E-state index contributed by atoms with van der Waals surface area (Å²) in [5, 5.41) is 0. The molecular formula is C19H26N2. The summed E-state index contributed by atoms with van der Waals surface area (Å²) in [6, 6.07) is 13.2. The SMILES string of the molecule is CC(Cn1ccc2c1CC(C)(C)CC2N)c1ccccc1. The maximum atomic E-state index is 6.36. The Bertz CT molecular complexity index is 610. The van der Waals surface area contributed by atoms with Crippen LogP contribution in [0.25, 0.3) is 0 Å². The van der Waals surface area contributed by atoms with Crippen molar-refractivity contribution in [2.75, 3.05) is 0 Å². The van der Waals surface area contributed by atoms with Crippen LogP contribution in [0.3, 0.4) is 0 Å². The van der Waals surface area contributed by atoms with Crippen molar-refractivity contribution in [3.05, 3.63) is 59.4 Å². The molecule has 2 nitrogen and oxygen atoms in total. The molecule has 0 saturated carbocycles. The first-order valence-electron chi connectivity index (χ1n) is 7.95. The van der Waals surface area contributed by atoms with Crippen LogP contribution in [0.5, 0.6) is 0 Å². The van der Waals surface area contributed by atoms with Crippen LogP contribution in [0.1, 0.15) is 56.0 Å². The number of hydrogen-bond donors (Lipinski definition) is 1. The minimum atomic E-state index is 0.192. The molecule has 2 heteroatoms. The zero-order valence-electron chi connectivity index (χ0n) is 13.3. The number of fused-ring (bicyclic) bond motifs is 1. The predicted octanol–water partition coefficient (Wildman–Crippen LogP) is 4.26. The van der Waals surface area contributed by atoms with Gasteiger partial charge in [0, 0.05) is 24.5 Å². The van der Waals surface area contributed by atoms with Crippen LogP contribution in [-0.2, 0) is 13.0 Å². The fourth-order valence-electron chi connectivity index (χ4n) is 3.65. The van der Waals surface area contributed by atoms with Gasteiger partial charge in [-0.25, -0.2) is 0 Å². The molecule has 0 aliphatic heterocycles. The number of nitrogens with two attached hydrogens (primary N) is 1. The second-order valence-corrected chi connectivity index (χ2v) is 7.33. The highest BCUT2D eigenvalue weighted by Gasteiger charge is 2.32. The Morgan fingerprint density at radius 2 is 1.95 bits per heavy atom. The zero-order valence-corrected chi connectivity index (χ0v) is 13.3. The quantitative estimate of drug-likeness (QED) is 0.895. The van der Waals surface area contributed by atoms with Crippen molar-refractivity contribution in [1.82, 2.24) is 4.57 Å². The third kappa shape index (κ3) is 2.91. The normalized spacial score (nSPS) is 21.8. The van der Waals surface area contributed by atoms with Crippen LogP contribution < -0.4 is 5.73 Å². The molecule has 2 atom stereocenters. The molecule has 2 unspecified atom stereocenters. The van der Waals surface area contributed by atoms with E-state index in [1.165, 1.54) is 16.8 Å². The van der Waals surface area contributed by atoms with Crippen LogP contribution in [-0.4, -0.2) is 4.57 Å². The van der Waals surface area contributed by atoms with Crippen LogP contribution in [0, 0.1) is 5.41 Å². The number of benzene rings is 1. The van der Waals surface area contributed by atoms with Crippen LogP contribution >= 0.6 is 0 Å². The Hall–Kier alpha value is -1.54. The van der Waals surface area contributed by atoms with E-state index in [2.05, 4.69) is 67.9 Å². The van der Waals surface area contributed by atoms with Crippen molar-refractivity contribution < 1.29 is 0 Å². The molecule has 0 bridgehead atoms. The molecule has 0 saturated heterocycles. The lowest BCUT2D eigenvalue weighted by molar-refractivity contribution is 0.274. The first-order valence-corrected chi connectivity index (χ1v) is 7.95. The molecule has 1 aromatic carbocycles. The third-order valence-electron chi connectivity index (χ3n) is 4.77. The van der Waals surface area contributed by atoms with Crippen LogP contribution in [0.2, 0.25) is 0 Å². The van der Waals surface area contributed by atoms with E-state index in [-0.39, 0.29) is 6.04 Å². The van der Waals surface area contributed by atoms with Gasteiger partial charge in [0.05, 0.1) is 0 Å². The van der Waals surface area contributed by atoms with Gasteiger partial charge in [0.2, 0.25) is 0 Å². The summed E-state index contributed by atoms with van der Waals surface area (Å²) in [7, 11) is 0. The first kappa shape index (κ1) is 14.4. The third-order valence-corrected chi connectivity index (χ3v) is 4.77. The lowest BCUT2D eigenvalue weighted by atomic mass is 9.74. The topological polar surface area (TPSA) is 30.9 Å². The summed E-state index contributed by atoms with van der Waals surface area (Å²) in [5.41, 5.74) is 10.9. The smallest absolute Gasteiger partial charge is 0.0318 e. The fourth-order valence-corrected chi connectivity index (χ4v) is 3.65. The average Bonchev–Trinajstić information content (AvgIpc) is 2.81. The molecule has 0 amide bonds. The van der Waals surface area contributed by atoms with Gasteiger partial charge in [0.25, 0.3) is 0 Å². The van der Waals surface area contributed by atoms with E-state index in [0.29, 0.717) is 11.3 Å². The second kappa shape index (κ2) is 5.34. The number of aromatic nitrogens is 1. The van der Waals surface area contributed by atoms with Crippen molar-refractivity contribution in [3.8, 4) is 0 Å². The molecule has 112 valence electrons. The largest absolute Gasteiger partial charge is 0.350 e. The summed E-state index contributed by atoms with van der Waals surface area (Å²) >= 11 is 0. The van der Waals surface area contributed by atoms with Crippen LogP contribution in [0.15, 0.2) is 42.6 Å². The van der Waals surface area contributed by atoms with Crippen molar-refractivity contribution in [3.63, 3.8) is 0 Å². The van der Waals surface area contributed by atoms with E-state index in [1.54, 1.807) is 0 Å². The minimum Gasteiger partial charge on any atom is -0.350 e. The van der Waals surface area contributed by atoms with E-state index in [4.69, 9.17) is 5.73 Å². The number of hydrogen-bond acceptors (Lipinski definition) is 1. The highest BCUT2D eigenvalue weighted by molar-refractivity contribution is 5.30. The van der Waals surface area contributed by atoms with Crippen molar-refractivity contribution in [2.24, 2.45) is 11.1 Å². The maximum Gasteiger partial charge on any atom is 0.0318 e. The van der Waals surface area contributed by atoms with E-state index in [0.717, 1.165) is 19.4 Å². The molecule has 2 aromatic rings. The van der Waals surface area contributed by atoms with E-state index < -0.39 is 0 Å². The molecule has 0 fully saturated rings. The molecule has 3 rings (SSSR count). The molecule has 1 aliphatic rings. The Labute approximate surface area is 128 Å². The monoisotopic (exact) mass is 282 g/mol. The molecular weight excluding hydrogens is 256 g/mol. The molecule has 21 heavy (non-hydrogen) atoms. The Morgan fingerprint density at radius 3 is 2.67 bits per heavy atom. The fraction of sp³-hybridized carbons (Fsp3) is 0.474. The number of rotatable bonds is 3. The summed E-state index contributed by atoms with van der Waals surface area (Å²) in [6.45, 7) is 7.99. The Morgan fingerprint density at radius 1 is 1.24 bits per heavy atom. The van der Waals surface area contributed by atoms with E-state index in [9.17, 15) is 0 Å². The zero-order chi connectivity index (χ0) is 15.0. The maximum absolute atomic E-state index is 6.36. The van der Waals surface area contributed by atoms with Gasteiger partial charge in [-0.2, -0.15) is 0 Å². The van der Waals surface area contributed by atoms with Gasteiger partial charge in [-0.1, -0.05) is 51.1 Å². The lowest BCUT2D eigenvalue weighted by Gasteiger charge is -2.35. The van der Waals surface area contributed by atoms with Gasteiger partial charge in [-0.3, -0.25) is 0 Å². The average molecular weight is 282 g/mol. The first-order chi connectivity index (χ1) is 9.96. The molecule has 0 spiro atoms. The van der Waals surface area contributed by atoms with Gasteiger partial charge in [0.1, 0.15) is 0 Å². The Balaban J connectivity index is 1.85. The van der Waals surface area contributed by atoms with Gasteiger partial charge in [0.15, 0.2) is 0 Å². The summed E-state index contributed by atoms with van der Waals surface area (Å²) in [4.78, 5) is 0. The van der Waals surface area contributed by atoms with Gasteiger partial charge in [-0.05, 0) is 41.4 Å². The molecule has 1 heterocycles. The van der Waals surface area contributed by atoms with Crippen molar-refractivity contribution in [2.45, 2.75) is 52.1 Å². The summed E-state index contributed by atoms with van der Waals surface area (Å²) in [5.74, 6) is 0.518. The summed E-state index contributed by atoms with van der Waals surface area (Å²) < 4.78 is 2.42. The second-order valence-electron chi connectivity index (χ2n) is 7.33. The van der Waals surface area contributed by atoms with E-state index >= 15 is 0 Å². The lowest BCUT2D eigenvalue weighted by Crippen LogP contribution is -2.30. The van der Waals surface area contributed by atoms with Crippen molar-refractivity contribution >= 4 is 0 Å². The van der Waals surface area contributed by atoms with Gasteiger partial charge in [-0.15, -0.1) is 0 Å². The standard InChI is InChI=1S/C19H26N2/c1-14(15-7-5-4-6-8-15)13-21-10-9-16-17(20)11-19(2,3)12-18(16)21/h4-10,14,17H,11-13,20H2,1-3H3. The van der Waals surface area contributed by atoms with Gasteiger partial charge >= 0.3 is 0 Å². The van der Waals surface area contributed by atoms with E-state index in [1.807, 2.05) is 0 Å². The predicted molar refractivity (Wildman–Crippen MR) is 88.3 cm³/mol. The Kier molecular flexibility index (Phi) is 3.66. The molecule has 1 aromatic heterocycles. The molecule has 1 aliphatic carbocycles. The van der Waals surface area contributed by atoms with Crippen LogP contribution in [0.4, 0.5) is 0 Å².